The van der Waals surface area contributed by atoms with Crippen molar-refractivity contribution in [1.29, 1.82) is 0 Å². The molecule has 3 rings (SSSR count). The van der Waals surface area contributed by atoms with Gasteiger partial charge in [-0.1, -0.05) is 43.3 Å². The number of rotatable bonds is 2. The van der Waals surface area contributed by atoms with Crippen LogP contribution in [0.1, 0.15) is 38.8 Å². The van der Waals surface area contributed by atoms with E-state index in [-0.39, 0.29) is 5.78 Å². The van der Waals surface area contributed by atoms with Gasteiger partial charge in [0.1, 0.15) is 5.60 Å². The molecule has 0 radical (unpaired) electrons. The molecule has 0 aromatic heterocycles. The van der Waals surface area contributed by atoms with E-state index >= 15 is 0 Å². The second-order valence-electron chi connectivity index (χ2n) is 5.47. The molecule has 4 heteroatoms. The molecule has 2 atom stereocenters. The molecule has 1 aliphatic carbocycles. The largest absolute Gasteiger partial charge is 0.465 e. The summed E-state index contributed by atoms with van der Waals surface area (Å²) in [4.78, 5) is 23.9. The molecule has 0 aliphatic heterocycles. The average molecular weight is 296 g/mol. The zero-order chi connectivity index (χ0) is 15.9. The number of esters is 1. The van der Waals surface area contributed by atoms with Crippen LogP contribution in [0.3, 0.4) is 0 Å². The Hall–Kier alpha value is -2.46. The van der Waals surface area contributed by atoms with Gasteiger partial charge in [0.25, 0.3) is 0 Å². The van der Waals surface area contributed by atoms with Gasteiger partial charge in [0.15, 0.2) is 5.78 Å². The van der Waals surface area contributed by atoms with E-state index in [1.54, 1.807) is 55.5 Å². The van der Waals surface area contributed by atoms with Crippen molar-refractivity contribution in [2.45, 2.75) is 12.5 Å². The van der Waals surface area contributed by atoms with Crippen LogP contribution in [0.5, 0.6) is 0 Å². The van der Waals surface area contributed by atoms with E-state index in [1.165, 1.54) is 7.11 Å². The molecule has 0 heterocycles. The van der Waals surface area contributed by atoms with Crippen molar-refractivity contribution in [2.24, 2.45) is 5.92 Å². The van der Waals surface area contributed by atoms with Gasteiger partial charge in [0.2, 0.25) is 0 Å². The first-order chi connectivity index (χ1) is 10.5. The minimum absolute atomic E-state index is 0.0739. The number of fused-ring (bicyclic) bond motifs is 1. The van der Waals surface area contributed by atoms with E-state index in [0.29, 0.717) is 22.3 Å². The van der Waals surface area contributed by atoms with E-state index < -0.39 is 17.5 Å². The van der Waals surface area contributed by atoms with Crippen LogP contribution in [0.15, 0.2) is 48.5 Å². The standard InChI is InChI=1S/C18H16O4/c1-11-16(19)14-5-3-4-6-15(14)18(11,21)13-9-7-12(8-10-13)17(20)22-2/h3-11,21H,1-2H3/t11-,18-/m1/s1. The van der Waals surface area contributed by atoms with Crippen molar-refractivity contribution < 1.29 is 19.4 Å². The lowest BCUT2D eigenvalue weighted by atomic mass is 9.81. The fourth-order valence-corrected chi connectivity index (χ4v) is 3.07. The minimum atomic E-state index is -1.37. The number of benzene rings is 2. The van der Waals surface area contributed by atoms with Crippen LogP contribution < -0.4 is 0 Å². The normalized spacial score (nSPS) is 23.2. The van der Waals surface area contributed by atoms with Crippen molar-refractivity contribution in [3.05, 3.63) is 70.8 Å². The van der Waals surface area contributed by atoms with Crippen LogP contribution in [0.2, 0.25) is 0 Å². The topological polar surface area (TPSA) is 63.6 Å². The molecule has 0 unspecified atom stereocenters. The maximum atomic E-state index is 12.4. The number of hydrogen-bond donors (Lipinski definition) is 1. The quantitative estimate of drug-likeness (QED) is 0.865. The van der Waals surface area contributed by atoms with Crippen molar-refractivity contribution in [3.63, 3.8) is 0 Å². The van der Waals surface area contributed by atoms with Crippen LogP contribution in [-0.4, -0.2) is 24.0 Å². The fourth-order valence-electron chi connectivity index (χ4n) is 3.07. The third kappa shape index (κ3) is 1.88. The molecular formula is C18H16O4. The number of carbonyl (C=O) groups excluding carboxylic acids is 2. The van der Waals surface area contributed by atoms with Crippen LogP contribution in [-0.2, 0) is 10.3 Å². The predicted octanol–water partition coefficient (Wildman–Crippen LogP) is 2.54. The van der Waals surface area contributed by atoms with Crippen molar-refractivity contribution in [2.75, 3.05) is 7.11 Å². The number of methoxy groups -OCH3 is 1. The Morgan fingerprint density at radius 3 is 2.41 bits per heavy atom. The molecule has 0 saturated carbocycles. The van der Waals surface area contributed by atoms with Gasteiger partial charge < -0.3 is 9.84 Å². The van der Waals surface area contributed by atoms with Crippen molar-refractivity contribution in [1.82, 2.24) is 0 Å². The van der Waals surface area contributed by atoms with E-state index in [1.807, 2.05) is 0 Å². The molecule has 1 aliphatic rings. The summed E-state index contributed by atoms with van der Waals surface area (Å²) in [6.45, 7) is 1.72. The lowest BCUT2D eigenvalue weighted by Crippen LogP contribution is -2.32. The fraction of sp³-hybridized carbons (Fsp3) is 0.222. The SMILES string of the molecule is COC(=O)c1ccc([C@@]2(O)c3ccccc3C(=O)[C@H]2C)cc1. The zero-order valence-electron chi connectivity index (χ0n) is 12.4. The van der Waals surface area contributed by atoms with Crippen molar-refractivity contribution >= 4 is 11.8 Å². The second kappa shape index (κ2) is 5.07. The van der Waals surface area contributed by atoms with Gasteiger partial charge in [0.05, 0.1) is 18.6 Å². The molecule has 22 heavy (non-hydrogen) atoms. The van der Waals surface area contributed by atoms with Crippen molar-refractivity contribution in [3.8, 4) is 0 Å². The van der Waals surface area contributed by atoms with Gasteiger partial charge in [-0.25, -0.2) is 4.79 Å². The Kier molecular flexibility index (Phi) is 3.34. The minimum Gasteiger partial charge on any atom is -0.465 e. The lowest BCUT2D eigenvalue weighted by Gasteiger charge is -2.28. The molecule has 0 saturated heterocycles. The van der Waals surface area contributed by atoms with Gasteiger partial charge in [-0.3, -0.25) is 4.79 Å². The first-order valence-corrected chi connectivity index (χ1v) is 7.05. The second-order valence-corrected chi connectivity index (χ2v) is 5.47. The Balaban J connectivity index is 2.11. The Morgan fingerprint density at radius 2 is 1.77 bits per heavy atom. The smallest absolute Gasteiger partial charge is 0.337 e. The first kappa shape index (κ1) is 14.5. The number of aliphatic hydroxyl groups is 1. The van der Waals surface area contributed by atoms with Gasteiger partial charge >= 0.3 is 5.97 Å². The molecule has 0 spiro atoms. The predicted molar refractivity (Wildman–Crippen MR) is 80.7 cm³/mol. The van der Waals surface area contributed by atoms with Crippen LogP contribution >= 0.6 is 0 Å². The highest BCUT2D eigenvalue weighted by atomic mass is 16.5. The monoisotopic (exact) mass is 296 g/mol. The first-order valence-electron chi connectivity index (χ1n) is 7.05. The summed E-state index contributed by atoms with van der Waals surface area (Å²) in [6, 6.07) is 13.6. The summed E-state index contributed by atoms with van der Waals surface area (Å²) in [5.41, 5.74) is 0.779. The maximum absolute atomic E-state index is 12.4. The summed E-state index contributed by atoms with van der Waals surface area (Å²) >= 11 is 0. The number of Topliss-reactive ketones (excluding diaryl/α,β-unsaturated/α-hetero) is 1. The molecule has 2 aromatic carbocycles. The summed E-state index contributed by atoms with van der Waals surface area (Å²) < 4.78 is 4.67. The molecular weight excluding hydrogens is 280 g/mol. The number of carbonyl (C=O) groups is 2. The Labute approximate surface area is 128 Å². The van der Waals surface area contributed by atoms with Crippen LogP contribution in [0, 0.1) is 5.92 Å². The maximum Gasteiger partial charge on any atom is 0.337 e. The Morgan fingerprint density at radius 1 is 1.14 bits per heavy atom. The number of ketones is 1. The summed E-state index contributed by atoms with van der Waals surface area (Å²) in [6.07, 6.45) is 0. The molecule has 1 N–H and O–H groups in total. The Bertz CT molecular complexity index is 748. The highest BCUT2D eigenvalue weighted by Gasteiger charge is 2.49. The van der Waals surface area contributed by atoms with Gasteiger partial charge in [-0.2, -0.15) is 0 Å². The van der Waals surface area contributed by atoms with Crippen LogP contribution in [0.4, 0.5) is 0 Å². The highest BCUT2D eigenvalue weighted by molar-refractivity contribution is 6.04. The molecule has 2 aromatic rings. The van der Waals surface area contributed by atoms with E-state index in [0.717, 1.165) is 0 Å². The molecule has 0 amide bonds. The molecule has 0 bridgehead atoms. The lowest BCUT2D eigenvalue weighted by molar-refractivity contribution is 0.0349. The average Bonchev–Trinajstić information content (AvgIpc) is 2.77. The van der Waals surface area contributed by atoms with Gasteiger partial charge in [-0.15, -0.1) is 0 Å². The third-order valence-electron chi connectivity index (χ3n) is 4.37. The molecule has 0 fully saturated rings. The third-order valence-corrected chi connectivity index (χ3v) is 4.37. The number of hydrogen-bond acceptors (Lipinski definition) is 4. The van der Waals surface area contributed by atoms with E-state index in [2.05, 4.69) is 4.74 Å². The number of ether oxygens (including phenoxy) is 1. The zero-order valence-corrected chi connectivity index (χ0v) is 12.4. The van der Waals surface area contributed by atoms with Crippen LogP contribution in [0.25, 0.3) is 0 Å². The highest BCUT2D eigenvalue weighted by Crippen LogP contribution is 2.45. The van der Waals surface area contributed by atoms with E-state index in [4.69, 9.17) is 0 Å². The van der Waals surface area contributed by atoms with Gasteiger partial charge in [-0.05, 0) is 23.3 Å². The molecule has 112 valence electrons. The molecule has 4 nitrogen and oxygen atoms in total. The van der Waals surface area contributed by atoms with Gasteiger partial charge in [0, 0.05) is 5.56 Å². The summed E-state index contributed by atoms with van der Waals surface area (Å²) in [5.74, 6) is -1.08. The summed E-state index contributed by atoms with van der Waals surface area (Å²) in [7, 11) is 1.32. The van der Waals surface area contributed by atoms with E-state index in [9.17, 15) is 14.7 Å². The summed E-state index contributed by atoms with van der Waals surface area (Å²) in [5, 5.41) is 11.2.